The van der Waals surface area contributed by atoms with Crippen LogP contribution >= 0.6 is 0 Å². The first kappa shape index (κ1) is 52.8. The van der Waals surface area contributed by atoms with Crippen molar-refractivity contribution >= 4 is 17.9 Å². The maximum atomic E-state index is 12.7. The predicted molar refractivity (Wildman–Crippen MR) is 231 cm³/mol. The minimum Gasteiger partial charge on any atom is -0.544 e. The Balaban J connectivity index is 4.40. The summed E-state index contributed by atoms with van der Waals surface area (Å²) in [5, 5.41) is 11.6. The molecule has 0 N–H and O–H groups in total. The number of carbonyl (C=O) groups is 3. The molecule has 0 aromatic rings. The molecule has 0 spiro atoms. The molecule has 0 rings (SSSR count). The molecule has 0 saturated carbocycles. The van der Waals surface area contributed by atoms with E-state index >= 15 is 0 Å². The summed E-state index contributed by atoms with van der Waals surface area (Å²) < 4.78 is 17.1. The molecule has 0 heterocycles. The van der Waals surface area contributed by atoms with Crippen molar-refractivity contribution in [1.29, 1.82) is 0 Å². The molecule has 56 heavy (non-hydrogen) atoms. The smallest absolute Gasteiger partial charge is 0.306 e. The minimum absolute atomic E-state index is 0.0273. The molecule has 0 aromatic carbocycles. The summed E-state index contributed by atoms with van der Waals surface area (Å²) in [5.74, 6) is -1.78. The van der Waals surface area contributed by atoms with Gasteiger partial charge < -0.3 is 28.6 Å². The quantitative estimate of drug-likeness (QED) is 0.0266. The van der Waals surface area contributed by atoms with E-state index in [4.69, 9.17) is 14.2 Å². The van der Waals surface area contributed by atoms with Crippen molar-refractivity contribution in [3.05, 3.63) is 72.9 Å². The van der Waals surface area contributed by atoms with E-state index in [1.807, 2.05) is 0 Å². The van der Waals surface area contributed by atoms with Gasteiger partial charge in [0, 0.05) is 19.3 Å². The Morgan fingerprint density at radius 2 is 0.946 bits per heavy atom. The Hall–Kier alpha value is -3.23. The summed E-state index contributed by atoms with van der Waals surface area (Å²) in [6.07, 6.45) is 47.8. The van der Waals surface area contributed by atoms with Gasteiger partial charge in [0.25, 0.3) is 0 Å². The summed E-state index contributed by atoms with van der Waals surface area (Å²) in [6.45, 7) is 4.40. The molecule has 0 aliphatic rings. The van der Waals surface area contributed by atoms with E-state index in [9.17, 15) is 19.5 Å². The van der Waals surface area contributed by atoms with E-state index in [-0.39, 0.29) is 42.7 Å². The number of carboxylic acid groups (broad SMARTS) is 1. The maximum Gasteiger partial charge on any atom is 0.306 e. The normalized spacial score (nSPS) is 13.7. The summed E-state index contributed by atoms with van der Waals surface area (Å²) in [4.78, 5) is 36.9. The summed E-state index contributed by atoms with van der Waals surface area (Å²) in [5.41, 5.74) is 0. The van der Waals surface area contributed by atoms with Crippen molar-refractivity contribution in [2.24, 2.45) is 0 Å². The fourth-order valence-corrected chi connectivity index (χ4v) is 5.98. The molecule has 0 fully saturated rings. The first-order valence-electron chi connectivity index (χ1n) is 22.0. The van der Waals surface area contributed by atoms with Gasteiger partial charge >= 0.3 is 11.9 Å². The van der Waals surface area contributed by atoms with Crippen molar-refractivity contribution in [1.82, 2.24) is 0 Å². The van der Waals surface area contributed by atoms with Gasteiger partial charge in [0.15, 0.2) is 6.10 Å². The number of esters is 2. The molecule has 0 amide bonds. The number of allylic oxidation sites excluding steroid dienone is 12. The number of ether oxygens (including phenoxy) is 3. The third-order valence-corrected chi connectivity index (χ3v) is 9.34. The molecule has 0 aliphatic carbocycles. The SMILES string of the molecule is CC/C=C/C/C=C/C/C=C/CCCCCCCCC(=O)OCC(COCCC(C(=O)[O-])[N+](C)(C)C)OC(=O)CCCCCCCC/C=C/C/C=C/C/C=C/CC. The highest BCUT2D eigenvalue weighted by molar-refractivity contribution is 5.70. The lowest BCUT2D eigenvalue weighted by molar-refractivity contribution is -0.889. The van der Waals surface area contributed by atoms with E-state index < -0.39 is 18.1 Å². The molecule has 8 heteroatoms. The van der Waals surface area contributed by atoms with Crippen LogP contribution in [0.25, 0.3) is 0 Å². The van der Waals surface area contributed by atoms with E-state index in [1.54, 1.807) is 21.1 Å². The zero-order valence-electron chi connectivity index (χ0n) is 36.3. The van der Waals surface area contributed by atoms with Crippen molar-refractivity contribution in [3.63, 3.8) is 0 Å². The average Bonchev–Trinajstić information content (AvgIpc) is 3.15. The topological polar surface area (TPSA) is 102 Å². The van der Waals surface area contributed by atoms with Crippen LogP contribution in [0.5, 0.6) is 0 Å². The molecule has 8 nitrogen and oxygen atoms in total. The summed E-state index contributed by atoms with van der Waals surface area (Å²) >= 11 is 0. The van der Waals surface area contributed by atoms with Gasteiger partial charge in [-0.25, -0.2) is 0 Å². The van der Waals surface area contributed by atoms with Gasteiger partial charge in [0.1, 0.15) is 12.6 Å². The van der Waals surface area contributed by atoms with Crippen LogP contribution in [-0.2, 0) is 28.6 Å². The molecule has 0 bridgehead atoms. The number of likely N-dealkylation sites (N-methyl/N-ethyl adjacent to an activating group) is 1. The van der Waals surface area contributed by atoms with Crippen molar-refractivity contribution in [3.8, 4) is 0 Å². The second kappa shape index (κ2) is 38.6. The van der Waals surface area contributed by atoms with Crippen molar-refractivity contribution < 1.29 is 38.2 Å². The number of carbonyl (C=O) groups excluding carboxylic acids is 3. The summed E-state index contributed by atoms with van der Waals surface area (Å²) in [6, 6.07) is -0.733. The Bertz CT molecular complexity index is 1140. The monoisotopic (exact) mass is 784 g/mol. The zero-order chi connectivity index (χ0) is 41.4. The number of rotatable bonds is 38. The maximum absolute atomic E-state index is 12.7. The fraction of sp³-hybridized carbons (Fsp3) is 0.688. The Morgan fingerprint density at radius 1 is 0.536 bits per heavy atom. The van der Waals surface area contributed by atoms with E-state index in [0.29, 0.717) is 12.8 Å². The third-order valence-electron chi connectivity index (χ3n) is 9.34. The molecule has 320 valence electrons. The van der Waals surface area contributed by atoms with Crippen LogP contribution < -0.4 is 5.11 Å². The lowest BCUT2D eigenvalue weighted by Crippen LogP contribution is -2.55. The van der Waals surface area contributed by atoms with Crippen LogP contribution in [-0.4, -0.2) is 75.5 Å². The average molecular weight is 784 g/mol. The number of quaternary nitrogens is 1. The van der Waals surface area contributed by atoms with E-state index in [1.165, 1.54) is 25.7 Å². The highest BCUT2D eigenvalue weighted by Gasteiger charge is 2.25. The number of unbranched alkanes of at least 4 members (excludes halogenated alkanes) is 12. The van der Waals surface area contributed by atoms with Gasteiger partial charge in [-0.05, 0) is 77.0 Å². The first-order chi connectivity index (χ1) is 27.1. The molecule has 0 aliphatic heterocycles. The minimum atomic E-state index is -1.13. The molecule has 0 aromatic heterocycles. The van der Waals surface area contributed by atoms with Crippen LogP contribution in [0.4, 0.5) is 0 Å². The second-order valence-corrected chi connectivity index (χ2v) is 15.5. The number of carboxylic acids is 1. The number of hydrogen-bond acceptors (Lipinski definition) is 7. The molecular formula is C48H81NO7. The lowest BCUT2D eigenvalue weighted by Gasteiger charge is -2.34. The third kappa shape index (κ3) is 36.4. The van der Waals surface area contributed by atoms with Gasteiger partial charge in [0.2, 0.25) is 0 Å². The van der Waals surface area contributed by atoms with Gasteiger partial charge in [-0.1, -0.05) is 138 Å². The Kier molecular flexibility index (Phi) is 36.4. The van der Waals surface area contributed by atoms with Crippen LogP contribution in [0.15, 0.2) is 72.9 Å². The standard InChI is InChI=1S/C48H81NO7/c1-6-8-10-12-14-16-18-20-22-24-26-28-30-32-34-36-38-46(50)55-43-44(42-54-41-40-45(48(52)53)49(3,4)5)56-47(51)39-37-35-33-31-29-27-25-23-21-19-17-15-13-11-9-7-2/h8-11,14-17,20-23,44-45H,6-7,12-13,18-19,24-43H2,1-5H3/b10-8+,11-9+,16-14+,17-15+,22-20+,23-21+. The Labute approximate surface area is 342 Å². The first-order valence-corrected chi connectivity index (χ1v) is 22.0. The molecule has 2 atom stereocenters. The fourth-order valence-electron chi connectivity index (χ4n) is 5.98. The number of aliphatic carboxylic acids is 1. The largest absolute Gasteiger partial charge is 0.544 e. The zero-order valence-corrected chi connectivity index (χ0v) is 36.3. The van der Waals surface area contributed by atoms with Crippen LogP contribution in [0.1, 0.15) is 162 Å². The van der Waals surface area contributed by atoms with Crippen molar-refractivity contribution in [2.75, 3.05) is 41.0 Å². The molecule has 0 saturated heterocycles. The molecular weight excluding hydrogens is 703 g/mol. The van der Waals surface area contributed by atoms with Gasteiger partial charge in [-0.2, -0.15) is 0 Å². The lowest BCUT2D eigenvalue weighted by atomic mass is 10.1. The van der Waals surface area contributed by atoms with Crippen LogP contribution in [0.3, 0.4) is 0 Å². The highest BCUT2D eigenvalue weighted by Crippen LogP contribution is 2.13. The molecule has 0 radical (unpaired) electrons. The van der Waals surface area contributed by atoms with Gasteiger partial charge in [-0.3, -0.25) is 9.59 Å². The van der Waals surface area contributed by atoms with Gasteiger partial charge in [0.05, 0.1) is 40.3 Å². The van der Waals surface area contributed by atoms with Crippen molar-refractivity contribution in [2.45, 2.75) is 174 Å². The van der Waals surface area contributed by atoms with Gasteiger partial charge in [-0.15, -0.1) is 0 Å². The van der Waals surface area contributed by atoms with E-state index in [2.05, 4.69) is 86.8 Å². The molecule has 2 unspecified atom stereocenters. The highest BCUT2D eigenvalue weighted by atomic mass is 16.6. The van der Waals surface area contributed by atoms with Crippen LogP contribution in [0, 0.1) is 0 Å². The second-order valence-electron chi connectivity index (χ2n) is 15.5. The van der Waals surface area contributed by atoms with Crippen LogP contribution in [0.2, 0.25) is 0 Å². The number of nitrogens with zero attached hydrogens (tertiary/aromatic N) is 1. The summed E-state index contributed by atoms with van der Waals surface area (Å²) in [7, 11) is 5.39. The van der Waals surface area contributed by atoms with E-state index in [0.717, 1.165) is 103 Å². The Morgan fingerprint density at radius 3 is 1.39 bits per heavy atom. The predicted octanol–water partition coefficient (Wildman–Crippen LogP) is 10.6. The number of hydrogen-bond donors (Lipinski definition) is 0.